The van der Waals surface area contributed by atoms with Crippen molar-refractivity contribution in [3.63, 3.8) is 0 Å². The molecule has 4 aromatic carbocycles. The lowest BCUT2D eigenvalue weighted by molar-refractivity contribution is 0.596. The molecule has 0 aliphatic rings. The summed E-state index contributed by atoms with van der Waals surface area (Å²) in [7, 11) is 0. The van der Waals surface area contributed by atoms with Gasteiger partial charge in [0.05, 0.1) is 0 Å². The van der Waals surface area contributed by atoms with Gasteiger partial charge in [0.15, 0.2) is 0 Å². The molecule has 0 N–H and O–H groups in total. The summed E-state index contributed by atoms with van der Waals surface area (Å²) < 4.78 is 0. The molecule has 0 heteroatoms. The Hall–Kier alpha value is -2.34. The van der Waals surface area contributed by atoms with E-state index in [-0.39, 0.29) is 5.41 Å². The average Bonchev–Trinajstić information content (AvgIpc) is 2.51. The Morgan fingerprint density at radius 1 is 0.545 bits per heavy atom. The molecule has 0 aliphatic heterocycles. The van der Waals surface area contributed by atoms with Gasteiger partial charge in [0, 0.05) is 0 Å². The first-order valence-electron chi connectivity index (χ1n) is 7.89. The van der Waals surface area contributed by atoms with E-state index in [1.54, 1.807) is 0 Å². The maximum absolute atomic E-state index is 2.38. The Bertz CT molecular complexity index is 1000. The number of fused-ring (bicyclic) bond motifs is 4. The third-order valence-electron chi connectivity index (χ3n) is 4.53. The van der Waals surface area contributed by atoms with Crippen molar-refractivity contribution in [2.24, 2.45) is 0 Å². The maximum atomic E-state index is 2.38. The molecule has 0 amide bonds. The van der Waals surface area contributed by atoms with Crippen molar-refractivity contribution >= 4 is 32.3 Å². The van der Waals surface area contributed by atoms with Gasteiger partial charge < -0.3 is 0 Å². The van der Waals surface area contributed by atoms with Crippen molar-refractivity contribution in [1.82, 2.24) is 0 Å². The highest BCUT2D eigenvalue weighted by molar-refractivity contribution is 6.13. The zero-order chi connectivity index (χ0) is 15.3. The number of rotatable bonds is 0. The van der Waals surface area contributed by atoms with Crippen LogP contribution in [0, 0.1) is 0 Å². The minimum absolute atomic E-state index is 0.138. The van der Waals surface area contributed by atoms with Gasteiger partial charge >= 0.3 is 0 Å². The van der Waals surface area contributed by atoms with Gasteiger partial charge in [-0.05, 0) is 61.5 Å². The van der Waals surface area contributed by atoms with Gasteiger partial charge in [-0.2, -0.15) is 0 Å². The molecule has 4 rings (SSSR count). The molecule has 22 heavy (non-hydrogen) atoms. The van der Waals surface area contributed by atoms with E-state index in [0.29, 0.717) is 0 Å². The second kappa shape index (κ2) is 4.58. The van der Waals surface area contributed by atoms with Crippen LogP contribution in [-0.2, 0) is 5.41 Å². The number of hydrogen-bond acceptors (Lipinski definition) is 0. The highest BCUT2D eigenvalue weighted by Crippen LogP contribution is 2.36. The Morgan fingerprint density at radius 3 is 1.82 bits per heavy atom. The van der Waals surface area contributed by atoms with E-state index in [0.717, 1.165) is 0 Å². The molecule has 0 fully saturated rings. The van der Waals surface area contributed by atoms with Gasteiger partial charge in [-0.15, -0.1) is 0 Å². The molecule has 0 bridgehead atoms. The molecule has 4 aromatic rings. The smallest absolute Gasteiger partial charge is 0.00988 e. The molecule has 0 aromatic heterocycles. The number of benzene rings is 4. The Kier molecular flexibility index (Phi) is 2.77. The van der Waals surface area contributed by atoms with E-state index in [9.17, 15) is 0 Å². The summed E-state index contributed by atoms with van der Waals surface area (Å²) >= 11 is 0. The first-order valence-corrected chi connectivity index (χ1v) is 7.89. The van der Waals surface area contributed by atoms with Crippen molar-refractivity contribution in [1.29, 1.82) is 0 Å². The zero-order valence-electron chi connectivity index (χ0n) is 13.4. The van der Waals surface area contributed by atoms with Crippen molar-refractivity contribution in [3.8, 4) is 0 Å². The minimum atomic E-state index is 0.138. The molecule has 0 saturated carbocycles. The van der Waals surface area contributed by atoms with Gasteiger partial charge in [-0.25, -0.2) is 0 Å². The molecule has 0 atom stereocenters. The van der Waals surface area contributed by atoms with Gasteiger partial charge in [0.2, 0.25) is 0 Å². The fourth-order valence-electron chi connectivity index (χ4n) is 3.42. The zero-order valence-corrected chi connectivity index (χ0v) is 13.4. The Morgan fingerprint density at radius 2 is 1.14 bits per heavy atom. The molecule has 0 heterocycles. The Balaban J connectivity index is 2.24. The second-order valence-corrected chi connectivity index (χ2v) is 7.14. The maximum Gasteiger partial charge on any atom is -0.00988 e. The molecule has 0 saturated heterocycles. The van der Waals surface area contributed by atoms with E-state index in [1.807, 2.05) is 0 Å². The first-order chi connectivity index (χ1) is 10.5. The van der Waals surface area contributed by atoms with Gasteiger partial charge in [0.25, 0.3) is 0 Å². The summed E-state index contributed by atoms with van der Waals surface area (Å²) in [6, 6.07) is 24.4. The standard InChI is InChI=1S/C22H20/c1-22(2,3)21-14-17-12-15-8-4-5-9-16(15)13-20(17)18-10-6-7-11-19(18)21/h4-14H,1-3H3. The molecule has 0 spiro atoms. The minimum Gasteiger partial charge on any atom is -0.0616 e. The van der Waals surface area contributed by atoms with Gasteiger partial charge in [-0.1, -0.05) is 69.3 Å². The van der Waals surface area contributed by atoms with E-state index < -0.39 is 0 Å². The van der Waals surface area contributed by atoms with E-state index in [2.05, 4.69) is 87.5 Å². The molecule has 108 valence electrons. The molecular formula is C22H20. The number of hydrogen-bond donors (Lipinski definition) is 0. The summed E-state index contributed by atoms with van der Waals surface area (Å²) in [6.07, 6.45) is 0. The third kappa shape index (κ3) is 1.99. The summed E-state index contributed by atoms with van der Waals surface area (Å²) in [4.78, 5) is 0. The van der Waals surface area contributed by atoms with Crippen molar-refractivity contribution < 1.29 is 0 Å². The third-order valence-corrected chi connectivity index (χ3v) is 4.53. The van der Waals surface area contributed by atoms with E-state index in [4.69, 9.17) is 0 Å². The highest BCUT2D eigenvalue weighted by Gasteiger charge is 2.18. The molecule has 0 radical (unpaired) electrons. The topological polar surface area (TPSA) is 0 Å². The van der Waals surface area contributed by atoms with Crippen molar-refractivity contribution in [2.75, 3.05) is 0 Å². The van der Waals surface area contributed by atoms with E-state index >= 15 is 0 Å². The largest absolute Gasteiger partial charge is 0.0616 e. The normalized spacial score (nSPS) is 12.3. The lowest BCUT2D eigenvalue weighted by Gasteiger charge is -2.23. The summed E-state index contributed by atoms with van der Waals surface area (Å²) in [5.74, 6) is 0. The molecule has 0 aliphatic carbocycles. The summed E-state index contributed by atoms with van der Waals surface area (Å²) in [6.45, 7) is 6.88. The lowest BCUT2D eigenvalue weighted by Crippen LogP contribution is -2.11. The van der Waals surface area contributed by atoms with Crippen LogP contribution in [0.1, 0.15) is 26.3 Å². The monoisotopic (exact) mass is 284 g/mol. The SMILES string of the molecule is CC(C)(C)c1cc2cc3ccccc3cc2c2ccccc12. The summed E-state index contributed by atoms with van der Waals surface area (Å²) in [5, 5.41) is 8.03. The quantitative estimate of drug-likeness (QED) is 0.257. The van der Waals surface area contributed by atoms with Crippen LogP contribution < -0.4 is 0 Å². The van der Waals surface area contributed by atoms with Gasteiger partial charge in [0.1, 0.15) is 0 Å². The van der Waals surface area contributed by atoms with Crippen molar-refractivity contribution in [2.45, 2.75) is 26.2 Å². The van der Waals surface area contributed by atoms with Crippen LogP contribution in [0.15, 0.2) is 66.7 Å². The molecular weight excluding hydrogens is 264 g/mol. The Labute approximate surface area is 131 Å². The van der Waals surface area contributed by atoms with Crippen LogP contribution in [0.5, 0.6) is 0 Å². The fraction of sp³-hybridized carbons (Fsp3) is 0.182. The predicted molar refractivity (Wildman–Crippen MR) is 97.7 cm³/mol. The lowest BCUT2D eigenvalue weighted by atomic mass is 9.81. The highest BCUT2D eigenvalue weighted by atomic mass is 14.2. The van der Waals surface area contributed by atoms with Crippen molar-refractivity contribution in [3.05, 3.63) is 72.3 Å². The predicted octanol–water partition coefficient (Wildman–Crippen LogP) is 6.44. The van der Waals surface area contributed by atoms with Crippen LogP contribution in [0.2, 0.25) is 0 Å². The van der Waals surface area contributed by atoms with Crippen LogP contribution in [0.25, 0.3) is 32.3 Å². The van der Waals surface area contributed by atoms with Crippen LogP contribution in [0.4, 0.5) is 0 Å². The van der Waals surface area contributed by atoms with Crippen LogP contribution in [-0.4, -0.2) is 0 Å². The first kappa shape index (κ1) is 13.3. The second-order valence-electron chi connectivity index (χ2n) is 7.14. The summed E-state index contributed by atoms with van der Waals surface area (Å²) in [5.41, 5.74) is 1.56. The fourth-order valence-corrected chi connectivity index (χ4v) is 3.42. The molecule has 0 nitrogen and oxygen atoms in total. The van der Waals surface area contributed by atoms with Gasteiger partial charge in [-0.3, -0.25) is 0 Å². The van der Waals surface area contributed by atoms with Crippen LogP contribution in [0.3, 0.4) is 0 Å². The van der Waals surface area contributed by atoms with E-state index in [1.165, 1.54) is 37.9 Å². The average molecular weight is 284 g/mol. The van der Waals surface area contributed by atoms with Crippen LogP contribution >= 0.6 is 0 Å². The molecule has 0 unspecified atom stereocenters.